The molecule has 1 fully saturated rings. The second-order valence-corrected chi connectivity index (χ2v) is 9.36. The number of hydrogen-bond acceptors (Lipinski definition) is 6. The van der Waals surface area contributed by atoms with Crippen molar-refractivity contribution in [3.63, 3.8) is 0 Å². The number of ether oxygens (including phenoxy) is 1. The summed E-state index contributed by atoms with van der Waals surface area (Å²) >= 11 is 6.68. The van der Waals surface area contributed by atoms with Crippen molar-refractivity contribution >= 4 is 33.7 Å². The van der Waals surface area contributed by atoms with Gasteiger partial charge in [0, 0.05) is 30.3 Å². The summed E-state index contributed by atoms with van der Waals surface area (Å²) in [5, 5.41) is 7.36. The predicted molar refractivity (Wildman–Crippen MR) is 133 cm³/mol. The van der Waals surface area contributed by atoms with E-state index in [2.05, 4.69) is 30.4 Å². The fourth-order valence-corrected chi connectivity index (χ4v) is 4.72. The standard InChI is InChI=1S/C25H22ClF2N7O/c1-14-32-18-3-2-17(8-20(18)33-14)36-22-5-4-19-24(23(22)26)34-21(10-30-19)15-9-31-35(11-15)12-16-6-7-29-13-25(16,27)28/h2-5,8-11,16,29H,6-7,12-13H2,1H3,(H,32,33). The van der Waals surface area contributed by atoms with Gasteiger partial charge in [0.25, 0.3) is 5.92 Å². The highest BCUT2D eigenvalue weighted by Crippen LogP contribution is 2.36. The van der Waals surface area contributed by atoms with E-state index in [4.69, 9.17) is 16.3 Å². The zero-order valence-electron chi connectivity index (χ0n) is 19.3. The topological polar surface area (TPSA) is 93.5 Å². The number of aromatic amines is 1. The lowest BCUT2D eigenvalue weighted by molar-refractivity contribution is -0.0798. The van der Waals surface area contributed by atoms with Crippen LogP contribution in [0.2, 0.25) is 5.02 Å². The number of aryl methyl sites for hydroxylation is 1. The van der Waals surface area contributed by atoms with E-state index in [0.29, 0.717) is 51.8 Å². The number of H-pyrrole nitrogens is 1. The molecule has 2 N–H and O–H groups in total. The molecular weight excluding hydrogens is 488 g/mol. The van der Waals surface area contributed by atoms with Gasteiger partial charge in [-0.25, -0.2) is 18.7 Å². The number of imidazole rings is 1. The molecule has 11 heteroatoms. The number of piperidine rings is 1. The van der Waals surface area contributed by atoms with Crippen molar-refractivity contribution < 1.29 is 13.5 Å². The van der Waals surface area contributed by atoms with Crippen LogP contribution in [0.15, 0.2) is 48.9 Å². The van der Waals surface area contributed by atoms with Crippen LogP contribution in [0.4, 0.5) is 8.78 Å². The number of rotatable bonds is 5. The normalized spacial score (nSPS) is 17.6. The zero-order valence-corrected chi connectivity index (χ0v) is 20.1. The first-order valence-electron chi connectivity index (χ1n) is 11.6. The maximum absolute atomic E-state index is 14.2. The molecule has 1 aliphatic rings. The number of fused-ring (bicyclic) bond motifs is 2. The Morgan fingerprint density at radius 3 is 2.89 bits per heavy atom. The molecule has 1 atom stereocenters. The molecule has 4 heterocycles. The Labute approximate surface area is 209 Å². The maximum Gasteiger partial charge on any atom is 0.264 e. The molecule has 1 aliphatic heterocycles. The molecule has 3 aromatic heterocycles. The second-order valence-electron chi connectivity index (χ2n) is 8.98. The zero-order chi connectivity index (χ0) is 24.9. The number of alkyl halides is 2. The van der Waals surface area contributed by atoms with E-state index in [1.54, 1.807) is 35.4 Å². The first-order valence-corrected chi connectivity index (χ1v) is 11.9. The van der Waals surface area contributed by atoms with Crippen LogP contribution in [0.3, 0.4) is 0 Å². The van der Waals surface area contributed by atoms with Gasteiger partial charge in [-0.2, -0.15) is 5.10 Å². The monoisotopic (exact) mass is 509 g/mol. The van der Waals surface area contributed by atoms with Gasteiger partial charge < -0.3 is 15.0 Å². The third kappa shape index (κ3) is 4.27. The van der Waals surface area contributed by atoms with Crippen LogP contribution in [0.1, 0.15) is 12.2 Å². The van der Waals surface area contributed by atoms with Gasteiger partial charge in [-0.05, 0) is 44.2 Å². The summed E-state index contributed by atoms with van der Waals surface area (Å²) in [5.41, 5.74) is 4.01. The van der Waals surface area contributed by atoms with Gasteiger partial charge in [0.2, 0.25) is 0 Å². The quantitative estimate of drug-likeness (QED) is 0.331. The highest BCUT2D eigenvalue weighted by atomic mass is 35.5. The minimum Gasteiger partial charge on any atom is -0.456 e. The van der Waals surface area contributed by atoms with Crippen LogP contribution in [-0.4, -0.2) is 48.7 Å². The number of hydrogen-bond donors (Lipinski definition) is 2. The Morgan fingerprint density at radius 2 is 2.03 bits per heavy atom. The number of aromatic nitrogens is 6. The lowest BCUT2D eigenvalue weighted by atomic mass is 9.94. The second kappa shape index (κ2) is 8.79. The van der Waals surface area contributed by atoms with Crippen LogP contribution < -0.4 is 10.1 Å². The summed E-state index contributed by atoms with van der Waals surface area (Å²) in [4.78, 5) is 16.7. The van der Waals surface area contributed by atoms with E-state index in [0.717, 1.165) is 16.9 Å². The van der Waals surface area contributed by atoms with Gasteiger partial charge in [0.05, 0.1) is 41.2 Å². The first kappa shape index (κ1) is 22.8. The van der Waals surface area contributed by atoms with Crippen molar-refractivity contribution in [1.29, 1.82) is 0 Å². The van der Waals surface area contributed by atoms with Crippen molar-refractivity contribution in [2.45, 2.75) is 25.8 Å². The molecule has 0 amide bonds. The Hall–Kier alpha value is -3.63. The van der Waals surface area contributed by atoms with Gasteiger partial charge in [-0.1, -0.05) is 11.6 Å². The molecule has 0 aliphatic carbocycles. The van der Waals surface area contributed by atoms with Gasteiger partial charge >= 0.3 is 0 Å². The van der Waals surface area contributed by atoms with Crippen LogP contribution >= 0.6 is 11.6 Å². The van der Waals surface area contributed by atoms with Gasteiger partial charge in [0.1, 0.15) is 27.9 Å². The molecule has 36 heavy (non-hydrogen) atoms. The minimum absolute atomic E-state index is 0.134. The van der Waals surface area contributed by atoms with Crippen molar-refractivity contribution in [2.75, 3.05) is 13.1 Å². The lowest BCUT2D eigenvalue weighted by Crippen LogP contribution is -2.47. The molecule has 5 aromatic rings. The van der Waals surface area contributed by atoms with Crippen molar-refractivity contribution in [3.05, 3.63) is 59.8 Å². The molecule has 6 rings (SSSR count). The number of benzene rings is 2. The summed E-state index contributed by atoms with van der Waals surface area (Å²) in [7, 11) is 0. The fraction of sp³-hybridized carbons (Fsp3) is 0.280. The Balaban J connectivity index is 1.27. The maximum atomic E-state index is 14.2. The van der Waals surface area contributed by atoms with E-state index in [1.165, 1.54) is 0 Å². The Morgan fingerprint density at radius 1 is 1.17 bits per heavy atom. The van der Waals surface area contributed by atoms with Crippen LogP contribution in [-0.2, 0) is 6.54 Å². The third-order valence-corrected chi connectivity index (χ3v) is 6.75. The number of nitrogens with one attached hydrogen (secondary N) is 2. The molecule has 2 aromatic carbocycles. The van der Waals surface area contributed by atoms with Gasteiger partial charge in [0.15, 0.2) is 0 Å². The average Bonchev–Trinajstić information content (AvgIpc) is 3.47. The van der Waals surface area contributed by atoms with Gasteiger partial charge in [-0.15, -0.1) is 0 Å². The lowest BCUT2D eigenvalue weighted by Gasteiger charge is -2.31. The third-order valence-electron chi connectivity index (χ3n) is 6.38. The number of nitrogens with zero attached hydrogens (tertiary/aromatic N) is 5. The van der Waals surface area contributed by atoms with Crippen molar-refractivity contribution in [3.8, 4) is 22.8 Å². The SMILES string of the molecule is Cc1nc2ccc(Oc3ccc4ncc(-c5cnn(CC6CCNCC6(F)F)c5)nc4c3Cl)cc2[nH]1. The van der Waals surface area contributed by atoms with E-state index >= 15 is 0 Å². The molecule has 1 unspecified atom stereocenters. The summed E-state index contributed by atoms with van der Waals surface area (Å²) < 4.78 is 36.0. The fourth-order valence-electron chi connectivity index (χ4n) is 4.48. The van der Waals surface area contributed by atoms with E-state index in [-0.39, 0.29) is 13.1 Å². The molecule has 184 valence electrons. The van der Waals surface area contributed by atoms with Crippen LogP contribution in [0, 0.1) is 12.8 Å². The smallest absolute Gasteiger partial charge is 0.264 e. The molecule has 0 radical (unpaired) electrons. The van der Waals surface area contributed by atoms with Crippen LogP contribution in [0.5, 0.6) is 11.5 Å². The largest absolute Gasteiger partial charge is 0.456 e. The van der Waals surface area contributed by atoms with E-state index in [9.17, 15) is 8.78 Å². The molecule has 0 saturated carbocycles. The predicted octanol–water partition coefficient (Wildman–Crippen LogP) is 5.37. The average molecular weight is 510 g/mol. The molecule has 0 bridgehead atoms. The van der Waals surface area contributed by atoms with E-state index < -0.39 is 11.8 Å². The molecule has 0 spiro atoms. The summed E-state index contributed by atoms with van der Waals surface area (Å²) in [6.45, 7) is 2.29. The Bertz CT molecular complexity index is 1580. The minimum atomic E-state index is -2.77. The molecule has 8 nitrogen and oxygen atoms in total. The van der Waals surface area contributed by atoms with E-state index in [1.807, 2.05) is 25.1 Å². The van der Waals surface area contributed by atoms with Gasteiger partial charge in [-0.3, -0.25) is 9.67 Å². The molecule has 1 saturated heterocycles. The highest BCUT2D eigenvalue weighted by Gasteiger charge is 2.41. The summed E-state index contributed by atoms with van der Waals surface area (Å²) in [6, 6.07) is 9.09. The highest BCUT2D eigenvalue weighted by molar-refractivity contribution is 6.36. The number of halogens is 3. The van der Waals surface area contributed by atoms with Crippen molar-refractivity contribution in [2.24, 2.45) is 5.92 Å². The molecular formula is C25H22ClF2N7O. The summed E-state index contributed by atoms with van der Waals surface area (Å²) in [6.07, 6.45) is 5.33. The van der Waals surface area contributed by atoms with Crippen LogP contribution in [0.25, 0.3) is 33.3 Å². The summed E-state index contributed by atoms with van der Waals surface area (Å²) in [5.74, 6) is -1.67. The first-order chi connectivity index (χ1) is 17.4. The van der Waals surface area contributed by atoms with Crippen molar-refractivity contribution in [1.82, 2.24) is 35.0 Å². The Kier molecular flexibility index (Phi) is 5.57.